The first-order valence-corrected chi connectivity index (χ1v) is 11.0. The van der Waals surface area contributed by atoms with E-state index in [4.69, 9.17) is 14.2 Å². The summed E-state index contributed by atoms with van der Waals surface area (Å²) in [6.07, 6.45) is 7.73. The highest BCUT2D eigenvalue weighted by Gasteiger charge is 2.43. The zero-order valence-corrected chi connectivity index (χ0v) is 19.4. The van der Waals surface area contributed by atoms with Crippen LogP contribution in [0.2, 0.25) is 0 Å². The number of ether oxygens (including phenoxy) is 3. The van der Waals surface area contributed by atoms with Crippen molar-refractivity contribution in [3.05, 3.63) is 47.3 Å². The average molecular weight is 439 g/mol. The monoisotopic (exact) mass is 438 g/mol. The normalized spacial score (nSPS) is 29.3. The third kappa shape index (κ3) is 4.14. The lowest BCUT2D eigenvalue weighted by Gasteiger charge is -2.20. The highest BCUT2D eigenvalue weighted by Crippen LogP contribution is 2.33. The molecule has 3 heterocycles. The third-order valence-electron chi connectivity index (χ3n) is 6.17. The van der Waals surface area contributed by atoms with Gasteiger partial charge in [-0.1, -0.05) is 25.2 Å². The number of carbonyl (C=O) groups excluding carboxylic acids is 2. The lowest BCUT2D eigenvalue weighted by molar-refractivity contribution is -0.152. The van der Waals surface area contributed by atoms with Gasteiger partial charge in [0.1, 0.15) is 12.2 Å². The summed E-state index contributed by atoms with van der Waals surface area (Å²) in [5.41, 5.74) is 3.69. The summed E-state index contributed by atoms with van der Waals surface area (Å²) in [4.78, 5) is 30.6. The first kappa shape index (κ1) is 22.4. The van der Waals surface area contributed by atoms with Crippen LogP contribution in [0.3, 0.4) is 0 Å². The number of nitrogens with zero attached hydrogens (tertiary/aromatic N) is 2. The van der Waals surface area contributed by atoms with Crippen LogP contribution in [-0.2, 0) is 26.1 Å². The Labute approximate surface area is 188 Å². The summed E-state index contributed by atoms with van der Waals surface area (Å²) in [5, 5.41) is 0. The van der Waals surface area contributed by atoms with E-state index < -0.39 is 30.1 Å². The fraction of sp³-hybridized carbons (Fsp3) is 0.480. The van der Waals surface area contributed by atoms with Crippen molar-refractivity contribution >= 4 is 28.9 Å². The van der Waals surface area contributed by atoms with Crippen LogP contribution in [0.1, 0.15) is 55.6 Å². The van der Waals surface area contributed by atoms with E-state index in [9.17, 15) is 9.59 Å². The molecule has 0 spiro atoms. The molecule has 0 radical (unpaired) electrons. The van der Waals surface area contributed by atoms with Crippen LogP contribution in [0.5, 0.6) is 0 Å². The SMILES string of the molecule is Cc1cc2c(ncn2C)c2c1C(=O)O[C@@H](C)[C@H](C)/C=C\C(=O)[C@H]1OC(C)(C)O[C@H]1CC=C2. The summed E-state index contributed by atoms with van der Waals surface area (Å²) in [6.45, 7) is 9.26. The third-order valence-corrected chi connectivity index (χ3v) is 6.17. The van der Waals surface area contributed by atoms with Gasteiger partial charge in [-0.2, -0.15) is 0 Å². The number of hydrogen-bond donors (Lipinski definition) is 0. The number of fused-ring (bicyclic) bond motifs is 4. The molecule has 4 rings (SSSR count). The zero-order chi connectivity index (χ0) is 23.2. The molecule has 1 aromatic carbocycles. The maximum absolute atomic E-state index is 13.2. The number of cyclic esters (lactones) is 1. The van der Waals surface area contributed by atoms with E-state index >= 15 is 0 Å². The Hall–Kier alpha value is -2.77. The molecule has 2 aliphatic heterocycles. The first-order chi connectivity index (χ1) is 15.1. The molecular formula is C25H30N2O5. The predicted octanol–water partition coefficient (Wildman–Crippen LogP) is 4.13. The van der Waals surface area contributed by atoms with E-state index in [2.05, 4.69) is 4.98 Å². The summed E-state index contributed by atoms with van der Waals surface area (Å²) in [7, 11) is 1.92. The molecule has 170 valence electrons. The van der Waals surface area contributed by atoms with E-state index in [0.29, 0.717) is 17.5 Å². The maximum Gasteiger partial charge on any atom is 0.339 e. The summed E-state index contributed by atoms with van der Waals surface area (Å²) < 4.78 is 19.6. The molecule has 32 heavy (non-hydrogen) atoms. The van der Waals surface area contributed by atoms with E-state index in [1.165, 1.54) is 6.08 Å². The predicted molar refractivity (Wildman–Crippen MR) is 121 cm³/mol. The van der Waals surface area contributed by atoms with Crippen molar-refractivity contribution in [3.63, 3.8) is 0 Å². The van der Waals surface area contributed by atoms with Crippen LogP contribution >= 0.6 is 0 Å². The van der Waals surface area contributed by atoms with Gasteiger partial charge in [-0.05, 0) is 51.8 Å². The minimum Gasteiger partial charge on any atom is -0.458 e. The van der Waals surface area contributed by atoms with E-state index in [1.54, 1.807) is 12.4 Å². The number of carbonyl (C=O) groups is 2. The molecule has 0 aliphatic carbocycles. The lowest BCUT2D eigenvalue weighted by atomic mass is 9.97. The molecule has 1 saturated heterocycles. The van der Waals surface area contributed by atoms with Crippen molar-refractivity contribution in [2.45, 2.75) is 65.1 Å². The molecule has 2 aliphatic rings. The van der Waals surface area contributed by atoms with Gasteiger partial charge in [0.15, 0.2) is 11.6 Å². The summed E-state index contributed by atoms with van der Waals surface area (Å²) in [6, 6.07) is 1.96. The smallest absolute Gasteiger partial charge is 0.339 e. The van der Waals surface area contributed by atoms with Gasteiger partial charge in [0.2, 0.25) is 0 Å². The Morgan fingerprint density at radius 1 is 1.16 bits per heavy atom. The Kier molecular flexibility index (Phi) is 5.81. The topological polar surface area (TPSA) is 79.7 Å². The van der Waals surface area contributed by atoms with Gasteiger partial charge in [-0.25, -0.2) is 9.78 Å². The van der Waals surface area contributed by atoms with E-state index in [0.717, 1.165) is 16.6 Å². The van der Waals surface area contributed by atoms with Gasteiger partial charge in [0.05, 0.1) is 29.0 Å². The highest BCUT2D eigenvalue weighted by molar-refractivity contribution is 6.02. The van der Waals surface area contributed by atoms with Gasteiger partial charge in [-0.3, -0.25) is 4.79 Å². The molecular weight excluding hydrogens is 408 g/mol. The van der Waals surface area contributed by atoms with Crippen molar-refractivity contribution in [2.75, 3.05) is 0 Å². The van der Waals surface area contributed by atoms with Crippen LogP contribution in [0.4, 0.5) is 0 Å². The molecule has 1 fully saturated rings. The minimum atomic E-state index is -0.846. The number of benzene rings is 1. The molecule has 2 aromatic rings. The standard InChI is InChI=1S/C25H30N2O5/c1-14-10-11-19(28)23-20(31-25(4,5)32-23)9-7-8-17-21(24(29)30-16(14)3)15(2)12-18-22(17)26-13-27(18)6/h7-8,10-14,16,20,23H,9H2,1-6H3/b8-7?,11-10-/t14-,16+,20+,23-/m1/s1. The Morgan fingerprint density at radius 2 is 1.91 bits per heavy atom. The van der Waals surface area contributed by atoms with Crippen molar-refractivity contribution in [2.24, 2.45) is 13.0 Å². The number of esters is 1. The number of aryl methyl sites for hydroxylation is 2. The van der Waals surface area contributed by atoms with Gasteiger partial charge in [0, 0.05) is 18.5 Å². The zero-order valence-electron chi connectivity index (χ0n) is 19.4. The fourth-order valence-electron chi connectivity index (χ4n) is 4.26. The molecule has 0 amide bonds. The summed E-state index contributed by atoms with van der Waals surface area (Å²) in [5.74, 6) is -1.55. The van der Waals surface area contributed by atoms with Crippen LogP contribution in [0.15, 0.2) is 30.6 Å². The number of hydrogen-bond acceptors (Lipinski definition) is 6. The van der Waals surface area contributed by atoms with Crippen molar-refractivity contribution in [3.8, 4) is 0 Å². The minimum absolute atomic E-state index is 0.153. The molecule has 7 nitrogen and oxygen atoms in total. The van der Waals surface area contributed by atoms with E-state index in [-0.39, 0.29) is 11.7 Å². The fourth-order valence-corrected chi connectivity index (χ4v) is 4.26. The van der Waals surface area contributed by atoms with Crippen molar-refractivity contribution in [1.82, 2.24) is 9.55 Å². The van der Waals surface area contributed by atoms with Crippen LogP contribution in [0, 0.1) is 12.8 Å². The van der Waals surface area contributed by atoms with Crippen molar-refractivity contribution < 1.29 is 23.8 Å². The lowest BCUT2D eigenvalue weighted by Crippen LogP contribution is -2.30. The quantitative estimate of drug-likeness (QED) is 0.576. The van der Waals surface area contributed by atoms with Gasteiger partial charge < -0.3 is 18.8 Å². The van der Waals surface area contributed by atoms with Crippen LogP contribution in [0.25, 0.3) is 17.1 Å². The number of rotatable bonds is 0. The van der Waals surface area contributed by atoms with Gasteiger partial charge >= 0.3 is 5.97 Å². The molecule has 1 aromatic heterocycles. The molecule has 7 heteroatoms. The van der Waals surface area contributed by atoms with E-state index in [1.807, 2.05) is 64.5 Å². The number of ketones is 1. The molecule has 0 bridgehead atoms. The average Bonchev–Trinajstić information content (AvgIpc) is 3.23. The number of imidazole rings is 1. The van der Waals surface area contributed by atoms with Crippen LogP contribution in [-0.4, -0.2) is 45.4 Å². The second-order valence-electron chi connectivity index (χ2n) is 9.17. The Balaban J connectivity index is 1.83. The summed E-state index contributed by atoms with van der Waals surface area (Å²) >= 11 is 0. The molecule has 0 saturated carbocycles. The van der Waals surface area contributed by atoms with Gasteiger partial charge in [0.25, 0.3) is 0 Å². The van der Waals surface area contributed by atoms with Crippen molar-refractivity contribution in [1.29, 1.82) is 0 Å². The maximum atomic E-state index is 13.2. The molecule has 4 atom stereocenters. The van der Waals surface area contributed by atoms with Crippen LogP contribution < -0.4 is 0 Å². The first-order valence-electron chi connectivity index (χ1n) is 11.0. The Morgan fingerprint density at radius 3 is 2.66 bits per heavy atom. The molecule has 0 unspecified atom stereocenters. The van der Waals surface area contributed by atoms with Gasteiger partial charge in [-0.15, -0.1) is 0 Å². The largest absolute Gasteiger partial charge is 0.458 e. The Bertz CT molecular complexity index is 1130. The molecule has 0 N–H and O–H groups in total. The second kappa shape index (κ2) is 8.30. The highest BCUT2D eigenvalue weighted by atomic mass is 16.8. The second-order valence-corrected chi connectivity index (χ2v) is 9.17. The number of aromatic nitrogens is 2.